The van der Waals surface area contributed by atoms with Crippen molar-refractivity contribution in [2.24, 2.45) is 0 Å². The molecular weight excluding hydrogens is 256 g/mol. The Morgan fingerprint density at radius 3 is 2.57 bits per heavy atom. The second kappa shape index (κ2) is 6.46. The van der Waals surface area contributed by atoms with Crippen molar-refractivity contribution >= 4 is 0 Å². The first-order valence-corrected chi connectivity index (χ1v) is 8.46. The highest BCUT2D eigenvalue weighted by Gasteiger charge is 2.21. The van der Waals surface area contributed by atoms with Crippen molar-refractivity contribution in [3.63, 3.8) is 0 Å². The van der Waals surface area contributed by atoms with Crippen LogP contribution in [0, 0.1) is 6.92 Å². The molecule has 0 radical (unpaired) electrons. The summed E-state index contributed by atoms with van der Waals surface area (Å²) in [6, 6.07) is 8.77. The number of aryl methyl sites for hydroxylation is 2. The zero-order valence-corrected chi connectivity index (χ0v) is 13.4. The van der Waals surface area contributed by atoms with E-state index in [9.17, 15) is 0 Å². The maximum Gasteiger partial charge on any atom is 0.0663 e. The largest absolute Gasteiger partial charge is 0.237 e. The second-order valence-electron chi connectivity index (χ2n) is 6.28. The molecule has 0 aliphatic heterocycles. The summed E-state index contributed by atoms with van der Waals surface area (Å²) in [5.41, 5.74) is 6.91. The van der Waals surface area contributed by atoms with E-state index in [1.165, 1.54) is 67.6 Å². The first-order chi connectivity index (χ1) is 10.3. The van der Waals surface area contributed by atoms with Crippen LogP contribution >= 0.6 is 0 Å². The summed E-state index contributed by atoms with van der Waals surface area (Å²) in [6.45, 7) is 4.40. The van der Waals surface area contributed by atoms with Gasteiger partial charge in [0.1, 0.15) is 0 Å². The number of fused-ring (bicyclic) bond motifs is 1. The van der Waals surface area contributed by atoms with Gasteiger partial charge in [-0.25, -0.2) is 4.68 Å². The van der Waals surface area contributed by atoms with Crippen molar-refractivity contribution in [2.45, 2.75) is 65.2 Å². The van der Waals surface area contributed by atoms with Crippen LogP contribution in [0.4, 0.5) is 0 Å². The van der Waals surface area contributed by atoms with E-state index in [0.717, 1.165) is 6.42 Å². The minimum atomic E-state index is 1.15. The van der Waals surface area contributed by atoms with E-state index in [1.807, 2.05) is 0 Å². The second-order valence-corrected chi connectivity index (χ2v) is 6.28. The molecule has 3 rings (SSSR count). The van der Waals surface area contributed by atoms with Crippen LogP contribution in [0.1, 0.15) is 61.5 Å². The van der Waals surface area contributed by atoms with Gasteiger partial charge in [0.05, 0.1) is 11.4 Å². The van der Waals surface area contributed by atoms with Gasteiger partial charge in [0.25, 0.3) is 0 Å². The van der Waals surface area contributed by atoms with Gasteiger partial charge in [0.2, 0.25) is 0 Å². The Bertz CT molecular complexity index is 593. The van der Waals surface area contributed by atoms with Crippen LogP contribution in [0.25, 0.3) is 5.69 Å². The molecule has 0 unspecified atom stereocenters. The number of aromatic nitrogens is 2. The van der Waals surface area contributed by atoms with E-state index in [0.29, 0.717) is 0 Å². The molecule has 21 heavy (non-hydrogen) atoms. The van der Waals surface area contributed by atoms with Crippen LogP contribution in [-0.2, 0) is 19.3 Å². The van der Waals surface area contributed by atoms with E-state index >= 15 is 0 Å². The summed E-state index contributed by atoms with van der Waals surface area (Å²) in [5, 5.41) is 4.98. The SMILES string of the molecule is CCCCCc1nn(-c2ccc(C)cc2)c2c1CCCC2. The average Bonchev–Trinajstić information content (AvgIpc) is 2.88. The number of benzene rings is 1. The Hall–Kier alpha value is -1.57. The van der Waals surface area contributed by atoms with Crippen molar-refractivity contribution in [3.8, 4) is 5.69 Å². The lowest BCUT2D eigenvalue weighted by molar-refractivity contribution is 0.652. The Kier molecular flexibility index (Phi) is 4.42. The Labute approximate surface area is 128 Å². The number of unbranched alkanes of at least 4 members (excludes halogenated alkanes) is 2. The van der Waals surface area contributed by atoms with E-state index < -0.39 is 0 Å². The Morgan fingerprint density at radius 1 is 1.05 bits per heavy atom. The van der Waals surface area contributed by atoms with Crippen LogP contribution in [0.15, 0.2) is 24.3 Å². The molecule has 1 heterocycles. The van der Waals surface area contributed by atoms with Crippen molar-refractivity contribution in [2.75, 3.05) is 0 Å². The van der Waals surface area contributed by atoms with E-state index in [1.54, 1.807) is 5.56 Å². The zero-order valence-electron chi connectivity index (χ0n) is 13.4. The molecule has 1 aromatic heterocycles. The molecule has 0 N–H and O–H groups in total. The minimum absolute atomic E-state index is 1.15. The lowest BCUT2D eigenvalue weighted by atomic mass is 9.94. The predicted molar refractivity (Wildman–Crippen MR) is 88.2 cm³/mol. The zero-order chi connectivity index (χ0) is 14.7. The van der Waals surface area contributed by atoms with Crippen molar-refractivity contribution < 1.29 is 0 Å². The van der Waals surface area contributed by atoms with Gasteiger partial charge in [-0.3, -0.25) is 0 Å². The monoisotopic (exact) mass is 282 g/mol. The molecule has 112 valence electrons. The maximum absolute atomic E-state index is 4.98. The highest BCUT2D eigenvalue weighted by molar-refractivity contribution is 5.40. The number of nitrogens with zero attached hydrogens (tertiary/aromatic N) is 2. The van der Waals surface area contributed by atoms with Crippen molar-refractivity contribution in [3.05, 3.63) is 46.8 Å². The van der Waals surface area contributed by atoms with E-state index in [4.69, 9.17) is 5.10 Å². The molecule has 2 aromatic rings. The molecule has 0 atom stereocenters. The van der Waals surface area contributed by atoms with Gasteiger partial charge in [0, 0.05) is 5.69 Å². The van der Waals surface area contributed by atoms with Gasteiger partial charge >= 0.3 is 0 Å². The third-order valence-corrected chi connectivity index (χ3v) is 4.56. The summed E-state index contributed by atoms with van der Waals surface area (Å²) < 4.78 is 2.22. The molecule has 1 aromatic carbocycles. The maximum atomic E-state index is 4.98. The first kappa shape index (κ1) is 14.4. The summed E-state index contributed by atoms with van der Waals surface area (Å²) >= 11 is 0. The smallest absolute Gasteiger partial charge is 0.0663 e. The topological polar surface area (TPSA) is 17.8 Å². The highest BCUT2D eigenvalue weighted by atomic mass is 15.3. The molecule has 0 amide bonds. The van der Waals surface area contributed by atoms with Gasteiger partial charge in [0.15, 0.2) is 0 Å². The molecule has 0 spiro atoms. The van der Waals surface area contributed by atoms with Crippen LogP contribution in [0.5, 0.6) is 0 Å². The molecule has 2 heteroatoms. The summed E-state index contributed by atoms with van der Waals surface area (Å²) in [5.74, 6) is 0. The normalized spacial score (nSPS) is 14.2. The average molecular weight is 282 g/mol. The van der Waals surface area contributed by atoms with Gasteiger partial charge in [-0.1, -0.05) is 37.5 Å². The third kappa shape index (κ3) is 3.04. The summed E-state index contributed by atoms with van der Waals surface area (Å²) in [4.78, 5) is 0. The van der Waals surface area contributed by atoms with Gasteiger partial charge in [-0.2, -0.15) is 5.10 Å². The number of rotatable bonds is 5. The molecule has 0 bridgehead atoms. The Balaban J connectivity index is 1.94. The van der Waals surface area contributed by atoms with Crippen LogP contribution < -0.4 is 0 Å². The van der Waals surface area contributed by atoms with Gasteiger partial charge in [-0.15, -0.1) is 0 Å². The van der Waals surface area contributed by atoms with Crippen molar-refractivity contribution in [1.29, 1.82) is 0 Å². The Morgan fingerprint density at radius 2 is 1.81 bits per heavy atom. The molecule has 1 aliphatic carbocycles. The summed E-state index contributed by atoms with van der Waals surface area (Å²) in [6.07, 6.45) is 10.1. The van der Waals surface area contributed by atoms with Crippen LogP contribution in [0.2, 0.25) is 0 Å². The third-order valence-electron chi connectivity index (χ3n) is 4.56. The van der Waals surface area contributed by atoms with Crippen LogP contribution in [-0.4, -0.2) is 9.78 Å². The first-order valence-electron chi connectivity index (χ1n) is 8.46. The lowest BCUT2D eigenvalue weighted by Gasteiger charge is -2.14. The minimum Gasteiger partial charge on any atom is -0.237 e. The fourth-order valence-electron chi connectivity index (χ4n) is 3.32. The fraction of sp³-hybridized carbons (Fsp3) is 0.526. The van der Waals surface area contributed by atoms with E-state index in [-0.39, 0.29) is 0 Å². The molecule has 0 fully saturated rings. The predicted octanol–water partition coefficient (Wildman–Crippen LogP) is 4.79. The lowest BCUT2D eigenvalue weighted by Crippen LogP contribution is -2.07. The highest BCUT2D eigenvalue weighted by Crippen LogP contribution is 2.28. The fourth-order valence-corrected chi connectivity index (χ4v) is 3.32. The van der Waals surface area contributed by atoms with E-state index in [2.05, 4.69) is 42.8 Å². The molecule has 2 nitrogen and oxygen atoms in total. The molecule has 1 aliphatic rings. The number of hydrogen-bond acceptors (Lipinski definition) is 1. The van der Waals surface area contributed by atoms with Crippen molar-refractivity contribution in [1.82, 2.24) is 9.78 Å². The molecular formula is C19H26N2. The molecule has 0 saturated heterocycles. The summed E-state index contributed by atoms with van der Waals surface area (Å²) in [7, 11) is 0. The number of hydrogen-bond donors (Lipinski definition) is 0. The van der Waals surface area contributed by atoms with Crippen LogP contribution in [0.3, 0.4) is 0 Å². The molecule has 0 saturated carbocycles. The standard InChI is InChI=1S/C19H26N2/c1-3-4-5-9-18-17-8-6-7-10-19(17)21(20-18)16-13-11-15(2)12-14-16/h11-14H,3-10H2,1-2H3. The van der Waals surface area contributed by atoms with Gasteiger partial charge in [-0.05, 0) is 63.1 Å². The van der Waals surface area contributed by atoms with Gasteiger partial charge < -0.3 is 0 Å². The quantitative estimate of drug-likeness (QED) is 0.721.